The maximum atomic E-state index is 12.7. The molecule has 0 amide bonds. The molecule has 1 aromatic heterocycles. The highest BCUT2D eigenvalue weighted by Gasteiger charge is 2.20. The molecule has 1 N–H and O–H groups in total. The van der Waals surface area contributed by atoms with Crippen LogP contribution in [0.4, 0.5) is 0 Å². The molecule has 0 radical (unpaired) electrons. The van der Waals surface area contributed by atoms with Crippen LogP contribution >= 0.6 is 0 Å². The Balaban J connectivity index is 1.64. The van der Waals surface area contributed by atoms with Gasteiger partial charge in [0.1, 0.15) is 11.8 Å². The number of Topliss-reactive ketones (excluding diaryl/α,β-unsaturated/α-hetero) is 1. The maximum absolute atomic E-state index is 12.7. The highest BCUT2D eigenvalue weighted by Crippen LogP contribution is 2.36. The second-order valence-corrected chi connectivity index (χ2v) is 8.08. The zero-order chi connectivity index (χ0) is 19.3. The van der Waals surface area contributed by atoms with E-state index in [1.54, 1.807) is 0 Å². The van der Waals surface area contributed by atoms with Crippen LogP contribution in [0.15, 0.2) is 30.5 Å². The van der Waals surface area contributed by atoms with Crippen molar-refractivity contribution in [3.63, 3.8) is 0 Å². The first kappa shape index (κ1) is 18.7. The van der Waals surface area contributed by atoms with E-state index in [1.807, 2.05) is 6.07 Å². The van der Waals surface area contributed by atoms with Gasteiger partial charge < -0.3 is 4.98 Å². The summed E-state index contributed by atoms with van der Waals surface area (Å²) in [5.41, 5.74) is 5.48. The Bertz CT molecular complexity index is 926. The highest BCUT2D eigenvalue weighted by atomic mass is 16.1. The summed E-state index contributed by atoms with van der Waals surface area (Å²) in [5, 5.41) is 8.95. The smallest absolute Gasteiger partial charge is 0.202 e. The molecule has 4 nitrogen and oxygen atoms in total. The number of hydrogen-bond donors (Lipinski definition) is 1. The monoisotopic (exact) mass is 373 g/mol. The number of ketones is 1. The molecule has 0 unspecified atom stereocenters. The van der Waals surface area contributed by atoms with E-state index in [1.165, 1.54) is 67.8 Å². The topological polar surface area (TPSA) is 69.5 Å². The van der Waals surface area contributed by atoms with Gasteiger partial charge in [-0.3, -0.25) is 4.79 Å². The number of allylic oxidation sites excluding steroid dienone is 2. The van der Waals surface area contributed by atoms with Gasteiger partial charge in [0.15, 0.2) is 5.82 Å². The van der Waals surface area contributed by atoms with Crippen LogP contribution in [0.2, 0.25) is 0 Å². The summed E-state index contributed by atoms with van der Waals surface area (Å²) < 4.78 is 0. The standard InChI is InChI=1S/C24H27N3O/c25-15-21-16-26-24(27-21)23(28)14-20-12-11-19(17-7-3-1-4-8-17)13-22(20)18-9-5-2-6-10-18/h9,11-13,16-17H,1-8,10,14H2,(H,26,27). The Morgan fingerprint density at radius 3 is 2.75 bits per heavy atom. The van der Waals surface area contributed by atoms with Crippen LogP contribution in [-0.4, -0.2) is 15.8 Å². The Morgan fingerprint density at radius 1 is 1.18 bits per heavy atom. The molecule has 0 saturated heterocycles. The third-order valence-electron chi connectivity index (χ3n) is 6.16. The lowest BCUT2D eigenvalue weighted by Crippen LogP contribution is -2.10. The van der Waals surface area contributed by atoms with Crippen molar-refractivity contribution in [3.8, 4) is 6.07 Å². The average molecular weight is 374 g/mol. The molecule has 0 atom stereocenters. The van der Waals surface area contributed by atoms with Gasteiger partial charge in [0.25, 0.3) is 0 Å². The van der Waals surface area contributed by atoms with Gasteiger partial charge in [0.2, 0.25) is 5.78 Å². The number of nitriles is 1. The third-order valence-corrected chi connectivity index (χ3v) is 6.16. The van der Waals surface area contributed by atoms with E-state index < -0.39 is 0 Å². The lowest BCUT2D eigenvalue weighted by molar-refractivity contribution is 0.0984. The molecular formula is C24H27N3O. The van der Waals surface area contributed by atoms with Gasteiger partial charge in [-0.25, -0.2) is 4.98 Å². The van der Waals surface area contributed by atoms with Gasteiger partial charge in [-0.1, -0.05) is 43.5 Å². The van der Waals surface area contributed by atoms with Crippen molar-refractivity contribution in [2.45, 2.75) is 70.1 Å². The molecule has 1 saturated carbocycles. The zero-order valence-electron chi connectivity index (χ0n) is 16.3. The number of aromatic amines is 1. The number of aromatic nitrogens is 2. The molecule has 2 aliphatic carbocycles. The number of rotatable bonds is 5. The van der Waals surface area contributed by atoms with Gasteiger partial charge in [-0.15, -0.1) is 0 Å². The molecule has 0 bridgehead atoms. The van der Waals surface area contributed by atoms with Crippen LogP contribution in [0.5, 0.6) is 0 Å². The van der Waals surface area contributed by atoms with Crippen molar-refractivity contribution in [3.05, 3.63) is 58.7 Å². The number of nitrogens with one attached hydrogen (secondary N) is 1. The molecule has 0 aliphatic heterocycles. The fraction of sp³-hybridized carbons (Fsp3) is 0.458. The van der Waals surface area contributed by atoms with Crippen molar-refractivity contribution in [1.29, 1.82) is 5.26 Å². The van der Waals surface area contributed by atoms with E-state index in [-0.39, 0.29) is 11.6 Å². The summed E-state index contributed by atoms with van der Waals surface area (Å²) in [7, 11) is 0. The van der Waals surface area contributed by atoms with E-state index in [4.69, 9.17) is 5.26 Å². The lowest BCUT2D eigenvalue weighted by atomic mass is 9.81. The van der Waals surface area contributed by atoms with E-state index in [2.05, 4.69) is 34.2 Å². The summed E-state index contributed by atoms with van der Waals surface area (Å²) in [6.07, 6.45) is 15.3. The molecule has 2 aromatic rings. The zero-order valence-corrected chi connectivity index (χ0v) is 16.3. The number of nitrogens with zero attached hydrogens (tertiary/aromatic N) is 2. The van der Waals surface area contributed by atoms with E-state index in [0.29, 0.717) is 18.0 Å². The minimum absolute atomic E-state index is 0.0652. The Hall–Kier alpha value is -2.67. The molecule has 4 heteroatoms. The fourth-order valence-corrected chi connectivity index (χ4v) is 4.60. The number of carbonyl (C=O) groups excluding carboxylic acids is 1. The molecule has 4 rings (SSSR count). The predicted molar refractivity (Wildman–Crippen MR) is 110 cm³/mol. The number of hydrogen-bond acceptors (Lipinski definition) is 3. The molecule has 0 spiro atoms. The predicted octanol–water partition coefficient (Wildman–Crippen LogP) is 5.71. The van der Waals surface area contributed by atoms with E-state index in [0.717, 1.165) is 18.4 Å². The molecule has 144 valence electrons. The quantitative estimate of drug-likeness (QED) is 0.682. The minimum atomic E-state index is -0.0652. The molecule has 2 aliphatic rings. The maximum Gasteiger partial charge on any atom is 0.202 e. The summed E-state index contributed by atoms with van der Waals surface area (Å²) >= 11 is 0. The third kappa shape index (κ3) is 4.09. The van der Waals surface area contributed by atoms with Crippen molar-refractivity contribution in [2.24, 2.45) is 0 Å². The molecule has 1 aromatic carbocycles. The molecule has 1 fully saturated rings. The highest BCUT2D eigenvalue weighted by molar-refractivity contribution is 5.95. The van der Waals surface area contributed by atoms with Crippen LogP contribution in [0.25, 0.3) is 5.57 Å². The SMILES string of the molecule is N#Cc1cnc(C(=O)Cc2ccc(C3CCCCC3)cc2C2=CCCCC2)[nH]1. The van der Waals surface area contributed by atoms with Gasteiger partial charge in [0, 0.05) is 6.42 Å². The van der Waals surface area contributed by atoms with Gasteiger partial charge in [-0.2, -0.15) is 5.26 Å². The largest absolute Gasteiger partial charge is 0.327 e. The second kappa shape index (κ2) is 8.56. The number of benzene rings is 1. The summed E-state index contributed by atoms with van der Waals surface area (Å²) in [6.45, 7) is 0. The number of imidazole rings is 1. The Kier molecular flexibility index (Phi) is 5.71. The Labute approximate surface area is 166 Å². The molecular weight excluding hydrogens is 346 g/mol. The van der Waals surface area contributed by atoms with Crippen LogP contribution in [0, 0.1) is 11.3 Å². The Morgan fingerprint density at radius 2 is 2.04 bits per heavy atom. The minimum Gasteiger partial charge on any atom is -0.327 e. The number of H-pyrrole nitrogens is 1. The van der Waals surface area contributed by atoms with Crippen molar-refractivity contribution < 1.29 is 4.79 Å². The van der Waals surface area contributed by atoms with Crippen LogP contribution in [0.3, 0.4) is 0 Å². The second-order valence-electron chi connectivity index (χ2n) is 8.08. The van der Waals surface area contributed by atoms with Crippen LogP contribution in [-0.2, 0) is 6.42 Å². The van der Waals surface area contributed by atoms with Crippen molar-refractivity contribution in [1.82, 2.24) is 9.97 Å². The van der Waals surface area contributed by atoms with Gasteiger partial charge in [-0.05, 0) is 66.7 Å². The van der Waals surface area contributed by atoms with Gasteiger partial charge in [0.05, 0.1) is 6.20 Å². The first-order chi connectivity index (χ1) is 13.7. The summed E-state index contributed by atoms with van der Waals surface area (Å²) in [6, 6.07) is 8.74. The average Bonchev–Trinajstić information content (AvgIpc) is 3.25. The first-order valence-corrected chi connectivity index (χ1v) is 10.5. The van der Waals surface area contributed by atoms with Crippen LogP contribution < -0.4 is 0 Å². The normalized spacial score (nSPS) is 17.8. The van der Waals surface area contributed by atoms with E-state index >= 15 is 0 Å². The lowest BCUT2D eigenvalue weighted by Gasteiger charge is -2.24. The fourth-order valence-electron chi connectivity index (χ4n) is 4.60. The molecule has 28 heavy (non-hydrogen) atoms. The first-order valence-electron chi connectivity index (χ1n) is 10.5. The molecule has 1 heterocycles. The van der Waals surface area contributed by atoms with Crippen LogP contribution in [0.1, 0.15) is 96.7 Å². The van der Waals surface area contributed by atoms with Gasteiger partial charge >= 0.3 is 0 Å². The van der Waals surface area contributed by atoms with Crippen molar-refractivity contribution >= 4 is 11.4 Å². The van der Waals surface area contributed by atoms with Crippen molar-refractivity contribution in [2.75, 3.05) is 0 Å². The van der Waals surface area contributed by atoms with E-state index in [9.17, 15) is 4.79 Å². The summed E-state index contributed by atoms with van der Waals surface area (Å²) in [4.78, 5) is 19.6. The number of carbonyl (C=O) groups is 1. The summed E-state index contributed by atoms with van der Waals surface area (Å²) in [5.74, 6) is 0.866.